The highest BCUT2D eigenvalue weighted by atomic mass is 32.2. The highest BCUT2D eigenvalue weighted by Gasteiger charge is 2.24. The van der Waals surface area contributed by atoms with Crippen molar-refractivity contribution in [1.82, 2.24) is 4.72 Å². The largest absolute Gasteiger partial charge is 0.548 e. The summed E-state index contributed by atoms with van der Waals surface area (Å²) in [5.74, 6) is -1.75. The van der Waals surface area contributed by atoms with Gasteiger partial charge in [-0.1, -0.05) is 38.0 Å². The summed E-state index contributed by atoms with van der Waals surface area (Å²) in [6.07, 6.45) is 0.537. The molecule has 1 N–H and O–H groups in total. The summed E-state index contributed by atoms with van der Waals surface area (Å²) in [5.41, 5.74) is 0.928. The zero-order valence-electron chi connectivity index (χ0n) is 11.2. The van der Waals surface area contributed by atoms with E-state index in [-0.39, 0.29) is 10.8 Å². The molecule has 1 rings (SSSR count). The van der Waals surface area contributed by atoms with E-state index >= 15 is 0 Å². The van der Waals surface area contributed by atoms with Crippen molar-refractivity contribution >= 4 is 16.0 Å². The van der Waals surface area contributed by atoms with Crippen molar-refractivity contribution in [3.05, 3.63) is 29.8 Å². The van der Waals surface area contributed by atoms with Crippen LogP contribution in [0.3, 0.4) is 0 Å². The number of hydrogen-bond donors (Lipinski definition) is 1. The van der Waals surface area contributed by atoms with Crippen LogP contribution in [0, 0.1) is 12.8 Å². The van der Waals surface area contributed by atoms with Crippen LogP contribution in [0.1, 0.15) is 25.8 Å². The van der Waals surface area contributed by atoms with E-state index in [0.29, 0.717) is 6.42 Å². The van der Waals surface area contributed by atoms with Crippen molar-refractivity contribution in [2.45, 2.75) is 38.1 Å². The molecule has 0 bridgehead atoms. The second-order valence-electron chi connectivity index (χ2n) is 4.62. The second-order valence-corrected chi connectivity index (χ2v) is 6.33. The highest BCUT2D eigenvalue weighted by Crippen LogP contribution is 2.14. The molecule has 0 aliphatic carbocycles. The van der Waals surface area contributed by atoms with Crippen molar-refractivity contribution in [1.29, 1.82) is 0 Å². The first-order valence-corrected chi connectivity index (χ1v) is 7.56. The first-order valence-electron chi connectivity index (χ1n) is 6.07. The van der Waals surface area contributed by atoms with Gasteiger partial charge in [0.25, 0.3) is 0 Å². The van der Waals surface area contributed by atoms with E-state index in [4.69, 9.17) is 0 Å². The number of aryl methyl sites for hydroxylation is 1. The van der Waals surface area contributed by atoms with Crippen LogP contribution >= 0.6 is 0 Å². The fourth-order valence-corrected chi connectivity index (χ4v) is 2.88. The van der Waals surface area contributed by atoms with E-state index in [0.717, 1.165) is 5.56 Å². The SMILES string of the molecule is CCC(C)C(NS(=O)(=O)c1ccc(C)cc1)C(=O)[O-]. The third-order valence-corrected chi connectivity index (χ3v) is 4.54. The number of hydrogen-bond acceptors (Lipinski definition) is 4. The monoisotopic (exact) mass is 284 g/mol. The summed E-state index contributed by atoms with van der Waals surface area (Å²) in [6, 6.07) is 4.98. The lowest BCUT2D eigenvalue weighted by Gasteiger charge is -2.24. The Morgan fingerprint density at radius 3 is 2.26 bits per heavy atom. The summed E-state index contributed by atoms with van der Waals surface area (Å²) < 4.78 is 26.3. The summed E-state index contributed by atoms with van der Waals surface area (Å²) in [4.78, 5) is 11.1. The molecule has 19 heavy (non-hydrogen) atoms. The van der Waals surface area contributed by atoms with Gasteiger partial charge in [-0.25, -0.2) is 13.1 Å². The molecular formula is C13H18NO4S-. The minimum absolute atomic E-state index is 0.0488. The summed E-state index contributed by atoms with van der Waals surface area (Å²) in [6.45, 7) is 5.30. The first kappa shape index (κ1) is 15.7. The fourth-order valence-electron chi connectivity index (χ4n) is 1.58. The van der Waals surface area contributed by atoms with Crippen LogP contribution in [0.5, 0.6) is 0 Å². The van der Waals surface area contributed by atoms with Crippen molar-refractivity contribution in [3.63, 3.8) is 0 Å². The molecule has 2 unspecified atom stereocenters. The molecule has 106 valence electrons. The quantitative estimate of drug-likeness (QED) is 0.821. The molecule has 0 heterocycles. The number of carbonyl (C=O) groups excluding carboxylic acids is 1. The molecule has 6 heteroatoms. The molecule has 5 nitrogen and oxygen atoms in total. The Labute approximate surface area is 113 Å². The van der Waals surface area contributed by atoms with Crippen LogP contribution in [-0.2, 0) is 14.8 Å². The standard InChI is InChI=1S/C13H19NO4S/c1-4-10(3)12(13(15)16)14-19(17,18)11-7-5-9(2)6-8-11/h5-8,10,12,14H,4H2,1-3H3,(H,15,16)/p-1. The van der Waals surface area contributed by atoms with Crippen molar-refractivity contribution in [2.24, 2.45) is 5.92 Å². The lowest BCUT2D eigenvalue weighted by molar-refractivity contribution is -0.309. The van der Waals surface area contributed by atoms with Crippen LogP contribution in [0.4, 0.5) is 0 Å². The van der Waals surface area contributed by atoms with Crippen molar-refractivity contribution < 1.29 is 18.3 Å². The normalized spacial score (nSPS) is 14.9. The van der Waals surface area contributed by atoms with Gasteiger partial charge in [-0.15, -0.1) is 0 Å². The molecule has 0 amide bonds. The molecule has 0 radical (unpaired) electrons. The predicted molar refractivity (Wildman–Crippen MR) is 69.8 cm³/mol. The fraction of sp³-hybridized carbons (Fsp3) is 0.462. The lowest BCUT2D eigenvalue weighted by Crippen LogP contribution is -2.51. The molecule has 2 atom stereocenters. The van der Waals surface area contributed by atoms with Gasteiger partial charge in [0.1, 0.15) is 0 Å². The van der Waals surface area contributed by atoms with Crippen LogP contribution in [0.25, 0.3) is 0 Å². The molecule has 0 spiro atoms. The van der Waals surface area contributed by atoms with Gasteiger partial charge in [0.2, 0.25) is 10.0 Å². The number of nitrogens with one attached hydrogen (secondary N) is 1. The second kappa shape index (κ2) is 6.16. The minimum atomic E-state index is -3.85. The first-order chi connectivity index (χ1) is 8.77. The van der Waals surface area contributed by atoms with E-state index in [1.807, 2.05) is 6.92 Å². The van der Waals surface area contributed by atoms with Crippen LogP contribution in [0.15, 0.2) is 29.2 Å². The van der Waals surface area contributed by atoms with Gasteiger partial charge in [0, 0.05) is 0 Å². The van der Waals surface area contributed by atoms with E-state index in [9.17, 15) is 18.3 Å². The molecule has 0 fully saturated rings. The maximum atomic E-state index is 12.1. The number of sulfonamides is 1. The maximum Gasteiger partial charge on any atom is 0.241 e. The Bertz CT molecular complexity index is 536. The smallest absolute Gasteiger partial charge is 0.241 e. The Hall–Kier alpha value is -1.40. The van der Waals surface area contributed by atoms with Gasteiger partial charge < -0.3 is 9.90 Å². The summed E-state index contributed by atoms with van der Waals surface area (Å²) in [7, 11) is -3.85. The number of carbonyl (C=O) groups is 1. The average molecular weight is 284 g/mol. The highest BCUT2D eigenvalue weighted by molar-refractivity contribution is 7.89. The van der Waals surface area contributed by atoms with Crippen LogP contribution in [0.2, 0.25) is 0 Å². The van der Waals surface area contributed by atoms with Crippen molar-refractivity contribution in [3.8, 4) is 0 Å². The molecule has 0 aliphatic heterocycles. The number of benzene rings is 1. The average Bonchev–Trinajstić information content (AvgIpc) is 2.35. The van der Waals surface area contributed by atoms with E-state index in [2.05, 4.69) is 4.72 Å². The Balaban J connectivity index is 3.00. The zero-order chi connectivity index (χ0) is 14.6. The van der Waals surface area contributed by atoms with E-state index in [1.54, 1.807) is 26.0 Å². The van der Waals surface area contributed by atoms with Gasteiger partial charge in [0.15, 0.2) is 0 Å². The Morgan fingerprint density at radius 1 is 1.32 bits per heavy atom. The third kappa shape index (κ3) is 4.04. The van der Waals surface area contributed by atoms with Gasteiger partial charge >= 0.3 is 0 Å². The lowest BCUT2D eigenvalue weighted by atomic mass is 10.0. The molecular weight excluding hydrogens is 266 g/mol. The topological polar surface area (TPSA) is 86.3 Å². The van der Waals surface area contributed by atoms with Gasteiger partial charge in [-0.2, -0.15) is 0 Å². The van der Waals surface area contributed by atoms with Gasteiger partial charge in [0.05, 0.1) is 16.9 Å². The molecule has 0 aliphatic rings. The number of carboxylic acids is 1. The minimum Gasteiger partial charge on any atom is -0.548 e. The Kier molecular flexibility index (Phi) is 5.08. The number of aliphatic carboxylic acids is 1. The number of carboxylic acid groups (broad SMARTS) is 1. The Morgan fingerprint density at radius 2 is 1.84 bits per heavy atom. The molecule has 0 saturated carbocycles. The summed E-state index contributed by atoms with van der Waals surface area (Å²) >= 11 is 0. The van der Waals surface area contributed by atoms with Gasteiger partial charge in [-0.3, -0.25) is 0 Å². The van der Waals surface area contributed by atoms with Crippen LogP contribution in [-0.4, -0.2) is 20.4 Å². The molecule has 0 aromatic heterocycles. The van der Waals surface area contributed by atoms with Crippen LogP contribution < -0.4 is 9.83 Å². The molecule has 0 saturated heterocycles. The molecule has 1 aromatic rings. The number of rotatable bonds is 6. The molecule has 1 aromatic carbocycles. The summed E-state index contributed by atoms with van der Waals surface area (Å²) in [5, 5.41) is 11.0. The maximum absolute atomic E-state index is 12.1. The third-order valence-electron chi connectivity index (χ3n) is 3.08. The van der Waals surface area contributed by atoms with E-state index in [1.165, 1.54) is 12.1 Å². The van der Waals surface area contributed by atoms with E-state index < -0.39 is 22.0 Å². The van der Waals surface area contributed by atoms with Gasteiger partial charge in [-0.05, 0) is 25.0 Å². The zero-order valence-corrected chi connectivity index (χ0v) is 12.0. The predicted octanol–water partition coefficient (Wildman–Crippen LogP) is 0.438. The van der Waals surface area contributed by atoms with Crippen molar-refractivity contribution in [2.75, 3.05) is 0 Å².